The fraction of sp³-hybridized carbons (Fsp3) is 1.00. The summed E-state index contributed by atoms with van der Waals surface area (Å²) in [6.45, 7) is 2.57. The van der Waals surface area contributed by atoms with Gasteiger partial charge < -0.3 is 10.6 Å². The minimum atomic E-state index is 0.802. The maximum atomic E-state index is 3.95. The molecule has 5 rings (SSSR count). The average molecular weight is 246 g/mol. The molecular formula is C16H26N2. The smallest absolute Gasteiger partial charge is 0.0224 e. The van der Waals surface area contributed by atoms with Crippen LogP contribution < -0.4 is 10.6 Å². The Balaban J connectivity index is 1.18. The van der Waals surface area contributed by atoms with Gasteiger partial charge in [-0.15, -0.1) is 0 Å². The van der Waals surface area contributed by atoms with E-state index in [4.69, 9.17) is 0 Å². The molecular weight excluding hydrogens is 220 g/mol. The largest absolute Gasteiger partial charge is 0.312 e. The Morgan fingerprint density at radius 1 is 0.944 bits per heavy atom. The highest BCUT2D eigenvalue weighted by atomic mass is 15.1. The molecule has 5 aliphatic rings. The van der Waals surface area contributed by atoms with E-state index in [1.807, 2.05) is 0 Å². The first kappa shape index (κ1) is 10.7. The fourth-order valence-electron chi connectivity index (χ4n) is 6.39. The number of hydrogen-bond acceptors (Lipinski definition) is 2. The van der Waals surface area contributed by atoms with E-state index in [1.165, 1.54) is 32.4 Å². The summed E-state index contributed by atoms with van der Waals surface area (Å²) in [4.78, 5) is 0. The maximum Gasteiger partial charge on any atom is 0.0224 e. The van der Waals surface area contributed by atoms with Gasteiger partial charge in [-0.1, -0.05) is 6.42 Å². The molecule has 7 unspecified atom stereocenters. The van der Waals surface area contributed by atoms with E-state index < -0.39 is 0 Å². The van der Waals surface area contributed by atoms with Crippen LogP contribution in [0.5, 0.6) is 0 Å². The third-order valence-electron chi connectivity index (χ3n) is 7.19. The Bertz CT molecular complexity index is 339. The van der Waals surface area contributed by atoms with Gasteiger partial charge >= 0.3 is 0 Å². The summed E-state index contributed by atoms with van der Waals surface area (Å²) < 4.78 is 0. The second-order valence-corrected chi connectivity index (χ2v) is 7.79. The lowest BCUT2D eigenvalue weighted by molar-refractivity contribution is 0.374. The Hall–Kier alpha value is -0.0800. The van der Waals surface area contributed by atoms with Crippen LogP contribution in [0.1, 0.15) is 38.5 Å². The van der Waals surface area contributed by atoms with E-state index in [-0.39, 0.29) is 0 Å². The summed E-state index contributed by atoms with van der Waals surface area (Å²) in [6, 6.07) is 1.73. The second-order valence-electron chi connectivity index (χ2n) is 7.79. The van der Waals surface area contributed by atoms with Crippen LogP contribution in [0.3, 0.4) is 0 Å². The summed E-state index contributed by atoms with van der Waals surface area (Å²) in [5.74, 6) is 6.47. The maximum absolute atomic E-state index is 3.95. The molecule has 2 bridgehead atoms. The molecule has 5 fully saturated rings. The second kappa shape index (κ2) is 3.73. The zero-order valence-electron chi connectivity index (χ0n) is 11.3. The number of hydrogen-bond donors (Lipinski definition) is 2. The molecule has 0 radical (unpaired) electrons. The van der Waals surface area contributed by atoms with Crippen LogP contribution in [0.25, 0.3) is 0 Å². The highest BCUT2D eigenvalue weighted by Crippen LogP contribution is 2.65. The van der Waals surface area contributed by atoms with E-state index >= 15 is 0 Å². The van der Waals surface area contributed by atoms with Crippen LogP contribution in [-0.2, 0) is 0 Å². The van der Waals surface area contributed by atoms with E-state index in [2.05, 4.69) is 10.6 Å². The van der Waals surface area contributed by atoms with E-state index in [1.54, 1.807) is 19.3 Å². The Morgan fingerprint density at radius 3 is 2.61 bits per heavy atom. The van der Waals surface area contributed by atoms with Crippen molar-refractivity contribution >= 4 is 0 Å². The zero-order chi connectivity index (χ0) is 11.7. The van der Waals surface area contributed by atoms with Crippen LogP contribution in [0.15, 0.2) is 0 Å². The molecule has 0 spiro atoms. The Kier molecular flexibility index (Phi) is 2.21. The molecule has 7 atom stereocenters. The van der Waals surface area contributed by atoms with Crippen molar-refractivity contribution < 1.29 is 0 Å². The minimum absolute atomic E-state index is 0.802. The summed E-state index contributed by atoms with van der Waals surface area (Å²) in [5.41, 5.74) is 0. The van der Waals surface area contributed by atoms with Crippen molar-refractivity contribution in [3.8, 4) is 0 Å². The van der Waals surface area contributed by atoms with Crippen molar-refractivity contribution in [2.45, 2.75) is 50.6 Å². The van der Waals surface area contributed by atoms with Crippen LogP contribution in [0.2, 0.25) is 0 Å². The lowest BCUT2D eigenvalue weighted by Crippen LogP contribution is -2.40. The van der Waals surface area contributed by atoms with Gasteiger partial charge in [-0.2, -0.15) is 0 Å². The van der Waals surface area contributed by atoms with E-state index in [9.17, 15) is 0 Å². The predicted molar refractivity (Wildman–Crippen MR) is 72.2 cm³/mol. The highest BCUT2D eigenvalue weighted by Gasteiger charge is 2.64. The summed E-state index contributed by atoms with van der Waals surface area (Å²) in [6.07, 6.45) is 9.17. The van der Waals surface area contributed by atoms with Gasteiger partial charge in [0, 0.05) is 18.6 Å². The molecule has 0 aromatic heterocycles. The molecule has 4 aliphatic carbocycles. The molecule has 2 heteroatoms. The van der Waals surface area contributed by atoms with Crippen LogP contribution in [-0.4, -0.2) is 25.2 Å². The lowest BCUT2D eigenvalue weighted by Gasteiger charge is -2.20. The van der Waals surface area contributed by atoms with Crippen molar-refractivity contribution in [1.29, 1.82) is 0 Å². The topological polar surface area (TPSA) is 24.1 Å². The number of rotatable bonds is 3. The molecule has 4 saturated carbocycles. The normalized spacial score (nSPS) is 60.0. The van der Waals surface area contributed by atoms with E-state index in [0.29, 0.717) is 0 Å². The van der Waals surface area contributed by atoms with Gasteiger partial charge in [0.1, 0.15) is 0 Å². The third-order valence-corrected chi connectivity index (χ3v) is 7.19. The molecule has 18 heavy (non-hydrogen) atoms. The fourth-order valence-corrected chi connectivity index (χ4v) is 6.39. The van der Waals surface area contributed by atoms with Gasteiger partial charge in [-0.05, 0) is 74.2 Å². The van der Waals surface area contributed by atoms with Crippen LogP contribution >= 0.6 is 0 Å². The number of fused-ring (bicyclic) bond motifs is 6. The van der Waals surface area contributed by atoms with Gasteiger partial charge in [0.2, 0.25) is 0 Å². The lowest BCUT2D eigenvalue weighted by atomic mass is 9.94. The van der Waals surface area contributed by atoms with Gasteiger partial charge in [0.25, 0.3) is 0 Å². The van der Waals surface area contributed by atoms with Gasteiger partial charge in [0.15, 0.2) is 0 Å². The van der Waals surface area contributed by atoms with Crippen molar-refractivity contribution in [2.24, 2.45) is 35.5 Å². The monoisotopic (exact) mass is 246 g/mol. The van der Waals surface area contributed by atoms with Crippen molar-refractivity contribution in [3.63, 3.8) is 0 Å². The average Bonchev–Trinajstić information content (AvgIpc) is 2.89. The molecule has 0 aromatic rings. The SMILES string of the molecule is C1CC2CNC(CNC3C4C5CCC(C5)C34)C2C1. The van der Waals surface area contributed by atoms with Crippen LogP contribution in [0.4, 0.5) is 0 Å². The quantitative estimate of drug-likeness (QED) is 0.796. The van der Waals surface area contributed by atoms with Crippen LogP contribution in [0, 0.1) is 35.5 Å². The molecule has 1 aliphatic heterocycles. The minimum Gasteiger partial charge on any atom is -0.312 e. The Morgan fingerprint density at radius 2 is 1.78 bits per heavy atom. The van der Waals surface area contributed by atoms with Gasteiger partial charge in [0.05, 0.1) is 0 Å². The van der Waals surface area contributed by atoms with Gasteiger partial charge in [-0.3, -0.25) is 0 Å². The third kappa shape index (κ3) is 1.37. The highest BCUT2D eigenvalue weighted by molar-refractivity contribution is 5.17. The summed E-state index contributed by atoms with van der Waals surface area (Å²) in [5, 5.41) is 7.73. The molecule has 0 amide bonds. The molecule has 1 heterocycles. The predicted octanol–water partition coefficient (Wildman–Crippen LogP) is 2.01. The van der Waals surface area contributed by atoms with E-state index in [0.717, 1.165) is 47.6 Å². The number of nitrogens with one attached hydrogen (secondary N) is 2. The first-order valence-corrected chi connectivity index (χ1v) is 8.38. The van der Waals surface area contributed by atoms with Crippen molar-refractivity contribution in [2.75, 3.05) is 13.1 Å². The molecule has 100 valence electrons. The molecule has 2 nitrogen and oxygen atoms in total. The van der Waals surface area contributed by atoms with Gasteiger partial charge in [-0.25, -0.2) is 0 Å². The first-order valence-electron chi connectivity index (χ1n) is 8.38. The first-order chi connectivity index (χ1) is 8.92. The van der Waals surface area contributed by atoms with Crippen molar-refractivity contribution in [1.82, 2.24) is 10.6 Å². The molecule has 0 aromatic carbocycles. The zero-order valence-corrected chi connectivity index (χ0v) is 11.3. The Labute approximate surface area is 110 Å². The summed E-state index contributed by atoms with van der Waals surface area (Å²) >= 11 is 0. The molecule has 2 N–H and O–H groups in total. The standard InChI is InChI=1S/C16H26N2/c1-2-11-7-17-13(12(11)3-1)8-18-16-14-9-4-5-10(6-9)15(14)16/h9-18H,1-8H2. The summed E-state index contributed by atoms with van der Waals surface area (Å²) in [7, 11) is 0. The van der Waals surface area contributed by atoms with Crippen molar-refractivity contribution in [3.05, 3.63) is 0 Å². The molecule has 1 saturated heterocycles.